The van der Waals surface area contributed by atoms with Crippen LogP contribution >= 0.6 is 11.3 Å². The molecule has 2 heterocycles. The van der Waals surface area contributed by atoms with Crippen molar-refractivity contribution in [3.63, 3.8) is 0 Å². The first-order valence-corrected chi connectivity index (χ1v) is 13.2. The number of thiazole rings is 1. The third-order valence-electron chi connectivity index (χ3n) is 6.28. The standard InChI is InChI=1S/C23H22F3N3O2S2/c24-19-3-1-2-15(9-29-12-23(13-29)4-5-23)18(19)8-27-16-6-20(25)22(21(26)7-16)33(30,31)11-17-10-32-14-28-17/h1-3,6-7,10,14,27H,4-5,8-9,11-13H2. The maximum absolute atomic E-state index is 14.7. The van der Waals surface area contributed by atoms with Gasteiger partial charge in [-0.05, 0) is 42.0 Å². The Morgan fingerprint density at radius 1 is 1.09 bits per heavy atom. The van der Waals surface area contributed by atoms with Crippen LogP contribution in [0.3, 0.4) is 0 Å². The zero-order chi connectivity index (χ0) is 23.2. The molecule has 0 unspecified atom stereocenters. The largest absolute Gasteiger partial charge is 0.381 e. The van der Waals surface area contributed by atoms with E-state index >= 15 is 0 Å². The minimum absolute atomic E-state index is 0.0186. The lowest BCUT2D eigenvalue weighted by Crippen LogP contribution is -2.47. The van der Waals surface area contributed by atoms with E-state index in [1.54, 1.807) is 6.07 Å². The number of hydrogen-bond acceptors (Lipinski definition) is 6. The van der Waals surface area contributed by atoms with Gasteiger partial charge in [0, 0.05) is 42.8 Å². The number of anilines is 1. The molecule has 2 aliphatic rings. The number of hydrogen-bond donors (Lipinski definition) is 1. The van der Waals surface area contributed by atoms with E-state index in [-0.39, 0.29) is 17.9 Å². The van der Waals surface area contributed by atoms with E-state index in [0.717, 1.165) is 30.8 Å². The highest BCUT2D eigenvalue weighted by molar-refractivity contribution is 7.90. The fourth-order valence-corrected chi connectivity index (χ4v) is 6.49. The summed E-state index contributed by atoms with van der Waals surface area (Å²) in [6.45, 7) is 2.67. The van der Waals surface area contributed by atoms with Gasteiger partial charge in [0.1, 0.15) is 22.3 Å². The van der Waals surface area contributed by atoms with Gasteiger partial charge in [0.05, 0.1) is 17.0 Å². The second-order valence-electron chi connectivity index (χ2n) is 8.88. The summed E-state index contributed by atoms with van der Waals surface area (Å²) >= 11 is 1.20. The van der Waals surface area contributed by atoms with Gasteiger partial charge in [-0.3, -0.25) is 4.90 Å². The molecule has 10 heteroatoms. The lowest BCUT2D eigenvalue weighted by atomic mass is 9.95. The topological polar surface area (TPSA) is 62.3 Å². The summed E-state index contributed by atoms with van der Waals surface area (Å²) < 4.78 is 68.9. The Morgan fingerprint density at radius 3 is 2.45 bits per heavy atom. The molecule has 1 spiro atoms. The van der Waals surface area contributed by atoms with Crippen molar-refractivity contribution in [2.45, 2.75) is 36.6 Å². The minimum atomic E-state index is -4.26. The molecule has 0 atom stereocenters. The summed E-state index contributed by atoms with van der Waals surface area (Å²) in [6.07, 6.45) is 2.52. The summed E-state index contributed by atoms with van der Waals surface area (Å²) in [5.41, 5.74) is 3.45. The first-order chi connectivity index (χ1) is 15.7. The minimum Gasteiger partial charge on any atom is -0.381 e. The Bertz CT molecular complexity index is 1260. The Morgan fingerprint density at radius 2 is 1.82 bits per heavy atom. The van der Waals surface area contributed by atoms with Crippen molar-refractivity contribution >= 4 is 26.9 Å². The van der Waals surface area contributed by atoms with Gasteiger partial charge in [-0.15, -0.1) is 11.3 Å². The van der Waals surface area contributed by atoms with Gasteiger partial charge in [0.2, 0.25) is 0 Å². The highest BCUT2D eigenvalue weighted by Gasteiger charge is 2.51. The predicted octanol–water partition coefficient (Wildman–Crippen LogP) is 4.74. The summed E-state index contributed by atoms with van der Waals surface area (Å²) in [6, 6.07) is 6.71. The molecule has 5 nitrogen and oxygen atoms in total. The molecule has 174 valence electrons. The lowest BCUT2D eigenvalue weighted by Gasteiger charge is -2.40. The Labute approximate surface area is 194 Å². The van der Waals surface area contributed by atoms with Gasteiger partial charge in [-0.25, -0.2) is 26.6 Å². The van der Waals surface area contributed by atoms with E-state index in [9.17, 15) is 21.6 Å². The fraction of sp³-hybridized carbons (Fsp3) is 0.348. The maximum atomic E-state index is 14.7. The van der Waals surface area contributed by atoms with Crippen molar-refractivity contribution in [1.29, 1.82) is 0 Å². The van der Waals surface area contributed by atoms with Crippen LogP contribution in [0, 0.1) is 22.9 Å². The predicted molar refractivity (Wildman–Crippen MR) is 120 cm³/mol. The van der Waals surface area contributed by atoms with Crippen LogP contribution in [0.5, 0.6) is 0 Å². The van der Waals surface area contributed by atoms with Crippen LogP contribution in [-0.4, -0.2) is 31.4 Å². The molecule has 1 N–H and O–H groups in total. The average molecular weight is 494 g/mol. The van der Waals surface area contributed by atoms with Gasteiger partial charge in [-0.2, -0.15) is 0 Å². The molecule has 1 aliphatic carbocycles. The number of nitrogens with one attached hydrogen (secondary N) is 1. The molecule has 3 aromatic rings. The zero-order valence-electron chi connectivity index (χ0n) is 17.7. The molecular weight excluding hydrogens is 471 g/mol. The quantitative estimate of drug-likeness (QED) is 0.491. The number of halogens is 3. The van der Waals surface area contributed by atoms with E-state index in [2.05, 4.69) is 15.2 Å². The average Bonchev–Trinajstić information content (AvgIpc) is 3.35. The molecule has 2 aromatic carbocycles. The highest BCUT2D eigenvalue weighted by Crippen LogP contribution is 2.53. The highest BCUT2D eigenvalue weighted by atomic mass is 32.2. The van der Waals surface area contributed by atoms with Gasteiger partial charge >= 0.3 is 0 Å². The van der Waals surface area contributed by atoms with Crippen LogP contribution < -0.4 is 5.32 Å². The molecule has 1 aliphatic heterocycles. The first kappa shape index (κ1) is 22.4. The molecular formula is C23H22F3N3O2S2. The van der Waals surface area contributed by atoms with Crippen LogP contribution in [0.4, 0.5) is 18.9 Å². The molecule has 0 amide bonds. The van der Waals surface area contributed by atoms with Crippen molar-refractivity contribution in [3.05, 3.63) is 75.5 Å². The summed E-state index contributed by atoms with van der Waals surface area (Å²) in [5, 5.41) is 4.36. The van der Waals surface area contributed by atoms with Crippen molar-refractivity contribution in [2.24, 2.45) is 5.41 Å². The van der Waals surface area contributed by atoms with Crippen LogP contribution in [0.15, 0.2) is 46.1 Å². The first-order valence-electron chi connectivity index (χ1n) is 10.6. The SMILES string of the molecule is O=S(=O)(Cc1cscn1)c1c(F)cc(NCc2c(F)cccc2CN2CC3(CC3)C2)cc1F. The van der Waals surface area contributed by atoms with Crippen LogP contribution in [0.2, 0.25) is 0 Å². The molecule has 2 fully saturated rings. The van der Waals surface area contributed by atoms with Crippen molar-refractivity contribution in [2.75, 3.05) is 18.4 Å². The van der Waals surface area contributed by atoms with Gasteiger partial charge in [0.15, 0.2) is 9.84 Å². The van der Waals surface area contributed by atoms with E-state index in [0.29, 0.717) is 17.5 Å². The molecule has 1 saturated heterocycles. The molecule has 1 aromatic heterocycles. The van der Waals surface area contributed by atoms with Gasteiger partial charge < -0.3 is 5.32 Å². The monoisotopic (exact) mass is 493 g/mol. The Balaban J connectivity index is 1.31. The number of likely N-dealkylation sites (tertiary alicyclic amines) is 1. The van der Waals surface area contributed by atoms with Crippen LogP contribution in [-0.2, 0) is 28.7 Å². The van der Waals surface area contributed by atoms with E-state index in [4.69, 9.17) is 0 Å². The van der Waals surface area contributed by atoms with Crippen LogP contribution in [0.25, 0.3) is 0 Å². The second kappa shape index (κ2) is 8.41. The summed E-state index contributed by atoms with van der Waals surface area (Å²) in [5.74, 6) is -3.38. The van der Waals surface area contributed by atoms with Crippen LogP contribution in [0.1, 0.15) is 29.7 Å². The summed E-state index contributed by atoms with van der Waals surface area (Å²) in [7, 11) is -4.26. The number of aromatic nitrogens is 1. The molecule has 0 bridgehead atoms. The number of rotatable bonds is 8. The smallest absolute Gasteiger partial charge is 0.189 e. The van der Waals surface area contributed by atoms with Gasteiger partial charge in [-0.1, -0.05) is 12.1 Å². The molecule has 5 rings (SSSR count). The van der Waals surface area contributed by atoms with E-state index in [1.807, 2.05) is 6.07 Å². The number of nitrogens with zero attached hydrogens (tertiary/aromatic N) is 2. The third-order valence-corrected chi connectivity index (χ3v) is 8.61. The molecule has 33 heavy (non-hydrogen) atoms. The molecule has 1 saturated carbocycles. The lowest BCUT2D eigenvalue weighted by molar-refractivity contribution is 0.0735. The van der Waals surface area contributed by atoms with Gasteiger partial charge in [0.25, 0.3) is 0 Å². The van der Waals surface area contributed by atoms with Crippen molar-refractivity contribution in [1.82, 2.24) is 9.88 Å². The third kappa shape index (κ3) is 4.64. The second-order valence-corrected chi connectivity index (χ2v) is 11.5. The zero-order valence-corrected chi connectivity index (χ0v) is 19.3. The van der Waals surface area contributed by atoms with E-state index < -0.39 is 37.9 Å². The molecule has 0 radical (unpaired) electrons. The number of sulfone groups is 1. The van der Waals surface area contributed by atoms with E-state index in [1.165, 1.54) is 41.1 Å². The maximum Gasteiger partial charge on any atom is 0.189 e. The fourth-order valence-electron chi connectivity index (χ4n) is 4.42. The normalized spacial score (nSPS) is 17.2. The number of benzene rings is 2. The summed E-state index contributed by atoms with van der Waals surface area (Å²) in [4.78, 5) is 5.15. The van der Waals surface area contributed by atoms with Crippen molar-refractivity contribution < 1.29 is 21.6 Å². The van der Waals surface area contributed by atoms with Crippen molar-refractivity contribution in [3.8, 4) is 0 Å². The Hall–Kier alpha value is -2.43. The Kier molecular flexibility index (Phi) is 5.70.